The molecule has 2 rings (SSSR count). The van der Waals surface area contributed by atoms with E-state index in [1.54, 1.807) is 0 Å². The smallest absolute Gasteiger partial charge is 0.125 e. The van der Waals surface area contributed by atoms with Gasteiger partial charge in [-0.3, -0.25) is 0 Å². The molecule has 1 aliphatic rings. The molecule has 20 heavy (non-hydrogen) atoms. The molecule has 0 aromatic heterocycles. The predicted octanol–water partition coefficient (Wildman–Crippen LogP) is 1.73. The van der Waals surface area contributed by atoms with Crippen LogP contribution in [0, 0.1) is 13.8 Å². The number of rotatable bonds is 5. The maximum Gasteiger partial charge on any atom is 0.125 e. The molecule has 1 atom stereocenters. The first-order chi connectivity index (χ1) is 9.60. The van der Waals surface area contributed by atoms with Gasteiger partial charge in [0, 0.05) is 19.6 Å². The SMILES string of the molecule is CNCc1cc(C)c(OCC2CN(C)CCO2)c(C)c1. The standard InChI is InChI=1S/C16H26N2O2/c1-12-7-14(9-17-3)8-13(2)16(12)20-11-15-10-18(4)5-6-19-15/h7-8,15,17H,5-6,9-11H2,1-4H3. The normalized spacial score (nSPS) is 20.1. The molecule has 1 saturated heterocycles. The van der Waals surface area contributed by atoms with Crippen LogP contribution in [-0.2, 0) is 11.3 Å². The lowest BCUT2D eigenvalue weighted by atomic mass is 10.1. The molecule has 1 aromatic carbocycles. The van der Waals surface area contributed by atoms with Crippen molar-refractivity contribution in [1.29, 1.82) is 0 Å². The van der Waals surface area contributed by atoms with Crippen molar-refractivity contribution in [3.63, 3.8) is 0 Å². The first-order valence-corrected chi connectivity index (χ1v) is 7.28. The van der Waals surface area contributed by atoms with Crippen LogP contribution in [0.3, 0.4) is 0 Å². The summed E-state index contributed by atoms with van der Waals surface area (Å²) >= 11 is 0. The molecule has 0 bridgehead atoms. The molecule has 0 aliphatic carbocycles. The Morgan fingerprint density at radius 3 is 2.65 bits per heavy atom. The zero-order valence-electron chi connectivity index (χ0n) is 13.0. The van der Waals surface area contributed by atoms with Crippen molar-refractivity contribution in [1.82, 2.24) is 10.2 Å². The molecule has 1 heterocycles. The van der Waals surface area contributed by atoms with E-state index in [2.05, 4.69) is 43.2 Å². The molecular formula is C16H26N2O2. The van der Waals surface area contributed by atoms with E-state index in [1.807, 2.05) is 7.05 Å². The van der Waals surface area contributed by atoms with Crippen LogP contribution in [-0.4, -0.2) is 51.4 Å². The van der Waals surface area contributed by atoms with Crippen LogP contribution >= 0.6 is 0 Å². The van der Waals surface area contributed by atoms with E-state index in [-0.39, 0.29) is 6.10 Å². The molecule has 0 amide bonds. The van der Waals surface area contributed by atoms with Gasteiger partial charge in [0.1, 0.15) is 18.5 Å². The van der Waals surface area contributed by atoms with Gasteiger partial charge in [0.05, 0.1) is 6.61 Å². The number of likely N-dealkylation sites (N-methyl/N-ethyl adjacent to an activating group) is 1. The fourth-order valence-electron chi connectivity index (χ4n) is 2.72. The Balaban J connectivity index is 1.98. The van der Waals surface area contributed by atoms with Crippen LogP contribution in [0.25, 0.3) is 0 Å². The number of aryl methyl sites for hydroxylation is 2. The Morgan fingerprint density at radius 2 is 2.05 bits per heavy atom. The first kappa shape index (κ1) is 15.3. The van der Waals surface area contributed by atoms with Crippen LogP contribution in [0.15, 0.2) is 12.1 Å². The summed E-state index contributed by atoms with van der Waals surface area (Å²) in [5.74, 6) is 1.00. The lowest BCUT2D eigenvalue weighted by Crippen LogP contribution is -2.42. The summed E-state index contributed by atoms with van der Waals surface area (Å²) in [5, 5.41) is 3.18. The predicted molar refractivity (Wildman–Crippen MR) is 81.4 cm³/mol. The summed E-state index contributed by atoms with van der Waals surface area (Å²) in [6.45, 7) is 8.47. The lowest BCUT2D eigenvalue weighted by molar-refractivity contribution is -0.0405. The second-order valence-corrected chi connectivity index (χ2v) is 5.66. The largest absolute Gasteiger partial charge is 0.490 e. The number of nitrogens with one attached hydrogen (secondary N) is 1. The second kappa shape index (κ2) is 7.07. The molecule has 4 heteroatoms. The summed E-state index contributed by atoms with van der Waals surface area (Å²) in [6, 6.07) is 4.37. The average Bonchev–Trinajstić information content (AvgIpc) is 2.38. The highest BCUT2D eigenvalue weighted by atomic mass is 16.5. The molecule has 0 radical (unpaired) electrons. The third-order valence-electron chi connectivity index (χ3n) is 3.66. The van der Waals surface area contributed by atoms with Gasteiger partial charge in [-0.1, -0.05) is 12.1 Å². The van der Waals surface area contributed by atoms with Gasteiger partial charge >= 0.3 is 0 Å². The minimum atomic E-state index is 0.171. The van der Waals surface area contributed by atoms with Crippen LogP contribution in [0.4, 0.5) is 0 Å². The van der Waals surface area contributed by atoms with Crippen molar-refractivity contribution in [3.8, 4) is 5.75 Å². The van der Waals surface area contributed by atoms with Crippen LogP contribution < -0.4 is 10.1 Å². The van der Waals surface area contributed by atoms with Gasteiger partial charge in [0.25, 0.3) is 0 Å². The van der Waals surface area contributed by atoms with Gasteiger partial charge in [0.15, 0.2) is 0 Å². The van der Waals surface area contributed by atoms with E-state index in [9.17, 15) is 0 Å². The molecule has 1 unspecified atom stereocenters. The van der Waals surface area contributed by atoms with Gasteiger partial charge in [-0.25, -0.2) is 0 Å². The monoisotopic (exact) mass is 278 g/mol. The molecule has 0 saturated carbocycles. The Morgan fingerprint density at radius 1 is 1.35 bits per heavy atom. The van der Waals surface area contributed by atoms with E-state index >= 15 is 0 Å². The van der Waals surface area contributed by atoms with Crippen molar-refractivity contribution >= 4 is 0 Å². The van der Waals surface area contributed by atoms with Gasteiger partial charge in [-0.2, -0.15) is 0 Å². The number of hydrogen-bond acceptors (Lipinski definition) is 4. The fraction of sp³-hybridized carbons (Fsp3) is 0.625. The second-order valence-electron chi connectivity index (χ2n) is 5.66. The lowest BCUT2D eigenvalue weighted by Gasteiger charge is -2.30. The maximum atomic E-state index is 6.02. The van der Waals surface area contributed by atoms with Gasteiger partial charge < -0.3 is 19.7 Å². The van der Waals surface area contributed by atoms with Crippen molar-refractivity contribution < 1.29 is 9.47 Å². The van der Waals surface area contributed by atoms with Crippen LogP contribution in [0.5, 0.6) is 5.75 Å². The molecule has 1 N–H and O–H groups in total. The van der Waals surface area contributed by atoms with Crippen molar-refractivity contribution in [2.75, 3.05) is 40.4 Å². The van der Waals surface area contributed by atoms with Crippen LogP contribution in [0.1, 0.15) is 16.7 Å². The molecule has 1 aromatic rings. The highest BCUT2D eigenvalue weighted by molar-refractivity contribution is 5.43. The number of hydrogen-bond donors (Lipinski definition) is 1. The summed E-state index contributed by atoms with van der Waals surface area (Å²) in [5.41, 5.74) is 3.68. The zero-order valence-corrected chi connectivity index (χ0v) is 13.0. The maximum absolute atomic E-state index is 6.02. The third kappa shape index (κ3) is 3.95. The highest BCUT2D eigenvalue weighted by Crippen LogP contribution is 2.25. The number of ether oxygens (including phenoxy) is 2. The summed E-state index contributed by atoms with van der Waals surface area (Å²) < 4.78 is 11.8. The van der Waals surface area contributed by atoms with Crippen molar-refractivity contribution in [2.24, 2.45) is 0 Å². The van der Waals surface area contributed by atoms with E-state index in [0.29, 0.717) is 6.61 Å². The minimum Gasteiger partial charge on any atom is -0.490 e. The molecule has 1 aliphatic heterocycles. The Hall–Kier alpha value is -1.10. The Kier molecular flexibility index (Phi) is 5.40. The number of morpholine rings is 1. The number of benzene rings is 1. The fourth-order valence-corrected chi connectivity index (χ4v) is 2.72. The van der Waals surface area contributed by atoms with Crippen molar-refractivity contribution in [3.05, 3.63) is 28.8 Å². The van der Waals surface area contributed by atoms with Crippen LogP contribution in [0.2, 0.25) is 0 Å². The Labute approximate surface area is 122 Å². The van der Waals surface area contributed by atoms with E-state index in [0.717, 1.165) is 32.0 Å². The molecule has 112 valence electrons. The average molecular weight is 278 g/mol. The van der Waals surface area contributed by atoms with E-state index in [1.165, 1.54) is 16.7 Å². The molecule has 0 spiro atoms. The first-order valence-electron chi connectivity index (χ1n) is 7.28. The van der Waals surface area contributed by atoms with E-state index < -0.39 is 0 Å². The third-order valence-corrected chi connectivity index (χ3v) is 3.66. The quantitative estimate of drug-likeness (QED) is 0.889. The molecule has 4 nitrogen and oxygen atoms in total. The van der Waals surface area contributed by atoms with Crippen molar-refractivity contribution in [2.45, 2.75) is 26.5 Å². The van der Waals surface area contributed by atoms with Gasteiger partial charge in [-0.15, -0.1) is 0 Å². The van der Waals surface area contributed by atoms with Gasteiger partial charge in [-0.05, 0) is 44.6 Å². The summed E-state index contributed by atoms with van der Waals surface area (Å²) in [6.07, 6.45) is 0.171. The van der Waals surface area contributed by atoms with E-state index in [4.69, 9.17) is 9.47 Å². The minimum absolute atomic E-state index is 0.171. The summed E-state index contributed by atoms with van der Waals surface area (Å²) in [7, 11) is 4.09. The topological polar surface area (TPSA) is 33.7 Å². The number of nitrogens with zero attached hydrogens (tertiary/aromatic N) is 1. The summed E-state index contributed by atoms with van der Waals surface area (Å²) in [4.78, 5) is 2.28. The highest BCUT2D eigenvalue weighted by Gasteiger charge is 2.19. The Bertz CT molecular complexity index is 425. The molecular weight excluding hydrogens is 252 g/mol. The molecule has 1 fully saturated rings. The van der Waals surface area contributed by atoms with Gasteiger partial charge in [0.2, 0.25) is 0 Å². The zero-order chi connectivity index (χ0) is 14.5.